The highest BCUT2D eigenvalue weighted by molar-refractivity contribution is 6.62. The lowest BCUT2D eigenvalue weighted by Crippen LogP contribution is -2.46. The topological polar surface area (TPSA) is 159 Å². The van der Waals surface area contributed by atoms with Gasteiger partial charge in [-0.1, -0.05) is 0 Å². The Bertz CT molecular complexity index is 860. The molecule has 27 heavy (non-hydrogen) atoms. The number of rotatable bonds is 5. The molecule has 2 aromatic rings. The zero-order chi connectivity index (χ0) is 19.9. The maximum atomic E-state index is 11.5. The van der Waals surface area contributed by atoms with Gasteiger partial charge in [0.2, 0.25) is 5.91 Å². The average Bonchev–Trinajstić information content (AvgIpc) is 3.12. The maximum Gasteiger partial charge on any atom is 0.490 e. The lowest BCUT2D eigenvalue weighted by Gasteiger charge is -2.31. The summed E-state index contributed by atoms with van der Waals surface area (Å²) in [7, 11) is -0.481. The molecule has 1 aliphatic heterocycles. The molecular formula is C15H21BN4O7. The molecule has 3 heterocycles. The summed E-state index contributed by atoms with van der Waals surface area (Å²) in [4.78, 5) is 19.6. The zero-order valence-electron chi connectivity index (χ0n) is 15.0. The second-order valence-electron chi connectivity index (χ2n) is 6.51. The van der Waals surface area contributed by atoms with Crippen molar-refractivity contribution >= 4 is 35.3 Å². The van der Waals surface area contributed by atoms with E-state index in [1.165, 1.54) is 31.1 Å². The molecule has 1 fully saturated rings. The Hall–Kier alpha value is -2.09. The van der Waals surface area contributed by atoms with E-state index in [2.05, 4.69) is 15.3 Å². The molecule has 1 saturated heterocycles. The highest BCUT2D eigenvalue weighted by Crippen LogP contribution is 2.42. The van der Waals surface area contributed by atoms with E-state index >= 15 is 0 Å². The van der Waals surface area contributed by atoms with Crippen LogP contribution in [0.3, 0.4) is 0 Å². The van der Waals surface area contributed by atoms with Crippen molar-refractivity contribution in [3.8, 4) is 0 Å². The van der Waals surface area contributed by atoms with Gasteiger partial charge in [-0.05, 0) is 6.92 Å². The number of aliphatic hydroxyl groups excluding tert-OH is 2. The van der Waals surface area contributed by atoms with E-state index in [4.69, 9.17) is 9.47 Å². The number of aromatic nitrogens is 3. The van der Waals surface area contributed by atoms with Crippen molar-refractivity contribution < 1.29 is 34.5 Å². The molecule has 1 aliphatic rings. The van der Waals surface area contributed by atoms with Gasteiger partial charge in [-0.3, -0.25) is 4.79 Å². The van der Waals surface area contributed by atoms with Gasteiger partial charge in [0.25, 0.3) is 0 Å². The van der Waals surface area contributed by atoms with Crippen LogP contribution in [0.2, 0.25) is 0 Å². The summed E-state index contributed by atoms with van der Waals surface area (Å²) < 4.78 is 12.7. The van der Waals surface area contributed by atoms with Crippen molar-refractivity contribution in [3.05, 3.63) is 12.5 Å². The first-order chi connectivity index (χ1) is 12.7. The van der Waals surface area contributed by atoms with Crippen LogP contribution in [0.15, 0.2) is 12.5 Å². The standard InChI is InChI=1S/C15H21BN4O7/c1-7(22)19-12-10-8(16(24)25)4-20(13(10)18-6-17-12)14-15(2,26-3)11(23)9(5-21)27-14/h4,6,9,11,14,21,23-25H,5H2,1-3H3,(H,17,18,19,22)/t9?,11?,14?,15-/m1/s1. The first-order valence-corrected chi connectivity index (χ1v) is 8.23. The van der Waals surface area contributed by atoms with Crippen LogP contribution in [-0.4, -0.2) is 79.3 Å². The van der Waals surface area contributed by atoms with Crippen molar-refractivity contribution in [1.82, 2.24) is 14.5 Å². The number of anilines is 1. The number of nitrogens with zero attached hydrogens (tertiary/aromatic N) is 3. The normalized spacial score (nSPS) is 27.9. The minimum Gasteiger partial charge on any atom is -0.423 e. The number of amides is 1. The number of nitrogens with one attached hydrogen (secondary N) is 1. The summed E-state index contributed by atoms with van der Waals surface area (Å²) in [6.45, 7) is 2.47. The lowest BCUT2D eigenvalue weighted by molar-refractivity contribution is -0.118. The molecule has 0 aliphatic carbocycles. The third kappa shape index (κ3) is 3.10. The molecule has 11 nitrogen and oxygen atoms in total. The summed E-state index contributed by atoms with van der Waals surface area (Å²) in [5.41, 5.74) is -0.981. The Balaban J connectivity index is 2.22. The van der Waals surface area contributed by atoms with Crippen molar-refractivity contribution in [2.45, 2.75) is 37.9 Å². The summed E-state index contributed by atoms with van der Waals surface area (Å²) in [6, 6.07) is 0. The van der Waals surface area contributed by atoms with Crippen molar-refractivity contribution in [2.24, 2.45) is 0 Å². The fraction of sp³-hybridized carbons (Fsp3) is 0.533. The lowest BCUT2D eigenvalue weighted by atomic mass is 9.80. The van der Waals surface area contributed by atoms with E-state index in [0.717, 1.165) is 0 Å². The van der Waals surface area contributed by atoms with Crippen molar-refractivity contribution in [3.63, 3.8) is 0 Å². The fourth-order valence-corrected chi connectivity index (χ4v) is 3.35. The number of methoxy groups -OCH3 is 1. The Labute approximate surface area is 154 Å². The van der Waals surface area contributed by atoms with E-state index < -0.39 is 43.7 Å². The van der Waals surface area contributed by atoms with E-state index in [0.29, 0.717) is 0 Å². The van der Waals surface area contributed by atoms with Crippen molar-refractivity contribution in [1.29, 1.82) is 0 Å². The molecule has 0 spiro atoms. The quantitative estimate of drug-likeness (QED) is 0.360. The van der Waals surface area contributed by atoms with Crippen LogP contribution in [0, 0.1) is 0 Å². The van der Waals surface area contributed by atoms with Crippen molar-refractivity contribution in [2.75, 3.05) is 19.0 Å². The molecule has 3 unspecified atom stereocenters. The third-order valence-corrected chi connectivity index (χ3v) is 4.82. The smallest absolute Gasteiger partial charge is 0.423 e. The highest BCUT2D eigenvalue weighted by Gasteiger charge is 2.55. The van der Waals surface area contributed by atoms with Crippen LogP contribution in [0.1, 0.15) is 20.1 Å². The Morgan fingerprint density at radius 2 is 2.19 bits per heavy atom. The summed E-state index contributed by atoms with van der Waals surface area (Å²) in [5, 5.41) is 42.3. The highest BCUT2D eigenvalue weighted by atomic mass is 16.6. The Kier molecular flexibility index (Phi) is 5.21. The Morgan fingerprint density at radius 3 is 2.74 bits per heavy atom. The predicted molar refractivity (Wildman–Crippen MR) is 94.1 cm³/mol. The summed E-state index contributed by atoms with van der Waals surface area (Å²) in [5.74, 6) is -0.290. The van der Waals surface area contributed by atoms with Crippen LogP contribution >= 0.6 is 0 Å². The van der Waals surface area contributed by atoms with Gasteiger partial charge in [0.1, 0.15) is 35.6 Å². The number of hydrogen-bond acceptors (Lipinski definition) is 9. The van der Waals surface area contributed by atoms with Gasteiger partial charge in [0.15, 0.2) is 6.23 Å². The van der Waals surface area contributed by atoms with Crippen LogP contribution in [0.25, 0.3) is 11.0 Å². The fourth-order valence-electron chi connectivity index (χ4n) is 3.35. The minimum atomic E-state index is -1.87. The number of aliphatic hydroxyl groups is 2. The molecule has 3 rings (SSSR count). The SMILES string of the molecule is CO[C@]1(C)C(O)C(CO)OC1n1cc(B(O)O)c2c(NC(C)=O)ncnc21. The van der Waals surface area contributed by atoms with Gasteiger partial charge in [0, 0.05) is 25.7 Å². The van der Waals surface area contributed by atoms with Gasteiger partial charge in [0.05, 0.1) is 12.0 Å². The zero-order valence-corrected chi connectivity index (χ0v) is 15.0. The van der Waals surface area contributed by atoms with Crippen LogP contribution in [0.5, 0.6) is 0 Å². The molecule has 4 atom stereocenters. The van der Waals surface area contributed by atoms with E-state index in [1.54, 1.807) is 6.92 Å². The first-order valence-electron chi connectivity index (χ1n) is 8.23. The van der Waals surface area contributed by atoms with Crippen LogP contribution in [-0.2, 0) is 14.3 Å². The van der Waals surface area contributed by atoms with E-state index in [-0.39, 0.29) is 22.3 Å². The largest absolute Gasteiger partial charge is 0.490 e. The van der Waals surface area contributed by atoms with Gasteiger partial charge >= 0.3 is 7.12 Å². The molecule has 5 N–H and O–H groups in total. The van der Waals surface area contributed by atoms with Crippen LogP contribution < -0.4 is 10.8 Å². The first kappa shape index (κ1) is 19.7. The van der Waals surface area contributed by atoms with Gasteiger partial charge < -0.3 is 39.6 Å². The molecular weight excluding hydrogens is 359 g/mol. The van der Waals surface area contributed by atoms with E-state index in [1.807, 2.05) is 0 Å². The molecule has 0 radical (unpaired) electrons. The second-order valence-corrected chi connectivity index (χ2v) is 6.51. The summed E-state index contributed by atoms with van der Waals surface area (Å²) >= 11 is 0. The van der Waals surface area contributed by atoms with Gasteiger partial charge in [-0.25, -0.2) is 9.97 Å². The number of hydrogen-bond donors (Lipinski definition) is 5. The Morgan fingerprint density at radius 1 is 1.48 bits per heavy atom. The molecule has 146 valence electrons. The second kappa shape index (κ2) is 7.15. The van der Waals surface area contributed by atoms with Crippen LogP contribution in [0.4, 0.5) is 5.82 Å². The maximum absolute atomic E-state index is 11.5. The molecule has 2 aromatic heterocycles. The summed E-state index contributed by atoms with van der Waals surface area (Å²) in [6.07, 6.45) is -0.407. The predicted octanol–water partition coefficient (Wildman–Crippen LogP) is -2.27. The molecule has 0 aromatic carbocycles. The molecule has 0 saturated carbocycles. The monoisotopic (exact) mass is 380 g/mol. The minimum absolute atomic E-state index is 0.0401. The number of carbonyl (C=O) groups excluding carboxylic acids is 1. The number of carbonyl (C=O) groups is 1. The average molecular weight is 380 g/mol. The number of ether oxygens (including phenoxy) is 2. The third-order valence-electron chi connectivity index (χ3n) is 4.82. The number of fused-ring (bicyclic) bond motifs is 1. The van der Waals surface area contributed by atoms with E-state index in [9.17, 15) is 25.1 Å². The van der Waals surface area contributed by atoms with Gasteiger partial charge in [-0.2, -0.15) is 0 Å². The molecule has 0 bridgehead atoms. The molecule has 1 amide bonds. The van der Waals surface area contributed by atoms with Gasteiger partial charge in [-0.15, -0.1) is 0 Å². The molecule has 12 heteroatoms.